The molecular formula is C10H5BrN2O2. The van der Waals surface area contributed by atoms with Gasteiger partial charge in [0.1, 0.15) is 5.39 Å². The minimum absolute atomic E-state index is 0.387. The van der Waals surface area contributed by atoms with Crippen LogP contribution in [0.5, 0.6) is 0 Å². The van der Waals surface area contributed by atoms with Crippen LogP contribution in [-0.2, 0) is 0 Å². The van der Waals surface area contributed by atoms with Gasteiger partial charge in [0.15, 0.2) is 0 Å². The van der Waals surface area contributed by atoms with Crippen LogP contribution in [0, 0.1) is 0 Å². The maximum atomic E-state index is 11.2. The Labute approximate surface area is 92.0 Å². The number of hydrogen-bond acceptors (Lipinski definition) is 3. The van der Waals surface area contributed by atoms with E-state index in [1.165, 1.54) is 6.20 Å². The summed E-state index contributed by atoms with van der Waals surface area (Å²) in [4.78, 5) is 15.4. The van der Waals surface area contributed by atoms with Crippen molar-refractivity contribution >= 4 is 37.7 Å². The number of nitrogens with zero attached hydrogens (tertiary/aromatic N) is 1. The van der Waals surface area contributed by atoms with Crippen molar-refractivity contribution in [2.24, 2.45) is 0 Å². The molecule has 0 saturated heterocycles. The van der Waals surface area contributed by atoms with Gasteiger partial charge < -0.3 is 4.52 Å². The molecule has 0 fully saturated rings. The zero-order valence-corrected chi connectivity index (χ0v) is 9.04. The average Bonchev–Trinajstić information content (AvgIpc) is 2.60. The van der Waals surface area contributed by atoms with E-state index >= 15 is 0 Å². The first-order valence-corrected chi connectivity index (χ1v) is 5.10. The van der Waals surface area contributed by atoms with Crippen molar-refractivity contribution in [1.82, 2.24) is 10.1 Å². The van der Waals surface area contributed by atoms with E-state index in [1.54, 1.807) is 0 Å². The van der Waals surface area contributed by atoms with Gasteiger partial charge >= 0.3 is 5.63 Å². The highest BCUT2D eigenvalue weighted by Gasteiger charge is 2.07. The quantitative estimate of drug-likeness (QED) is 0.679. The van der Waals surface area contributed by atoms with Gasteiger partial charge in [-0.2, -0.15) is 0 Å². The van der Waals surface area contributed by atoms with Crippen LogP contribution in [0.15, 0.2) is 38.2 Å². The number of nitrogens with one attached hydrogen (secondary N) is 1. The zero-order valence-electron chi connectivity index (χ0n) is 7.45. The molecule has 0 saturated carbocycles. The van der Waals surface area contributed by atoms with Crippen molar-refractivity contribution < 1.29 is 4.52 Å². The maximum Gasteiger partial charge on any atom is 0.366 e. The third kappa shape index (κ3) is 1.20. The summed E-state index contributed by atoms with van der Waals surface area (Å²) in [6.07, 6.45) is 1.52. The Bertz CT molecular complexity index is 714. The highest BCUT2D eigenvalue weighted by Crippen LogP contribution is 2.22. The zero-order chi connectivity index (χ0) is 10.4. The summed E-state index contributed by atoms with van der Waals surface area (Å²) in [6.45, 7) is 0. The SMILES string of the molecule is O=c1o[nH]c2c1cnc1cc(Br)ccc12. The molecule has 4 nitrogen and oxygen atoms in total. The van der Waals surface area contributed by atoms with Crippen molar-refractivity contribution in [3.63, 3.8) is 0 Å². The molecule has 0 bridgehead atoms. The first-order valence-electron chi connectivity index (χ1n) is 4.31. The van der Waals surface area contributed by atoms with Crippen LogP contribution in [-0.4, -0.2) is 10.1 Å². The maximum absolute atomic E-state index is 11.2. The molecular weight excluding hydrogens is 260 g/mol. The number of fused-ring (bicyclic) bond motifs is 3. The second kappa shape index (κ2) is 2.93. The van der Waals surface area contributed by atoms with Crippen molar-refractivity contribution in [3.05, 3.63) is 39.3 Å². The third-order valence-electron chi connectivity index (χ3n) is 2.30. The minimum atomic E-state index is -0.387. The molecule has 1 aromatic carbocycles. The van der Waals surface area contributed by atoms with Gasteiger partial charge in [-0.15, -0.1) is 0 Å². The van der Waals surface area contributed by atoms with Crippen LogP contribution in [0.1, 0.15) is 0 Å². The molecule has 0 atom stereocenters. The van der Waals surface area contributed by atoms with Gasteiger partial charge in [-0.25, -0.2) is 9.95 Å². The van der Waals surface area contributed by atoms with Crippen LogP contribution < -0.4 is 5.63 Å². The standard InChI is InChI=1S/C10H5BrN2O2/c11-5-1-2-6-8(3-5)12-4-7-9(6)13-15-10(7)14/h1-4,13H. The summed E-state index contributed by atoms with van der Waals surface area (Å²) in [5.41, 5.74) is 1.12. The fourth-order valence-electron chi connectivity index (χ4n) is 1.58. The van der Waals surface area contributed by atoms with Gasteiger partial charge in [-0.05, 0) is 18.2 Å². The van der Waals surface area contributed by atoms with E-state index in [2.05, 4.69) is 26.1 Å². The van der Waals surface area contributed by atoms with E-state index in [0.717, 1.165) is 15.4 Å². The highest BCUT2D eigenvalue weighted by molar-refractivity contribution is 9.10. The predicted molar refractivity (Wildman–Crippen MR) is 59.8 cm³/mol. The first kappa shape index (κ1) is 8.67. The number of halogens is 1. The molecule has 3 rings (SSSR count). The average molecular weight is 265 g/mol. The Morgan fingerprint density at radius 2 is 2.20 bits per heavy atom. The fourth-order valence-corrected chi connectivity index (χ4v) is 1.93. The number of rotatable bonds is 0. The molecule has 0 unspecified atom stereocenters. The minimum Gasteiger partial charge on any atom is -0.338 e. The fraction of sp³-hybridized carbons (Fsp3) is 0. The van der Waals surface area contributed by atoms with E-state index in [-0.39, 0.29) is 5.63 Å². The van der Waals surface area contributed by atoms with Crippen LogP contribution >= 0.6 is 15.9 Å². The molecule has 2 aromatic heterocycles. The van der Waals surface area contributed by atoms with Crippen LogP contribution in [0.25, 0.3) is 21.8 Å². The van der Waals surface area contributed by atoms with Crippen LogP contribution in [0.4, 0.5) is 0 Å². The smallest absolute Gasteiger partial charge is 0.338 e. The summed E-state index contributed by atoms with van der Waals surface area (Å²) in [5, 5.41) is 3.96. The summed E-state index contributed by atoms with van der Waals surface area (Å²) in [6, 6.07) is 5.68. The molecule has 1 N–H and O–H groups in total. The summed E-state index contributed by atoms with van der Waals surface area (Å²) >= 11 is 3.37. The van der Waals surface area contributed by atoms with Crippen molar-refractivity contribution in [2.45, 2.75) is 0 Å². The number of aromatic nitrogens is 2. The van der Waals surface area contributed by atoms with Crippen molar-refractivity contribution in [1.29, 1.82) is 0 Å². The Kier molecular flexibility index (Phi) is 1.70. The van der Waals surface area contributed by atoms with E-state index in [1.807, 2.05) is 18.2 Å². The Hall–Kier alpha value is -1.62. The lowest BCUT2D eigenvalue weighted by molar-refractivity contribution is 0.400. The first-order chi connectivity index (χ1) is 7.25. The van der Waals surface area contributed by atoms with Gasteiger partial charge in [0.2, 0.25) is 0 Å². The molecule has 3 aromatic rings. The number of aromatic amines is 1. The van der Waals surface area contributed by atoms with Crippen molar-refractivity contribution in [2.75, 3.05) is 0 Å². The van der Waals surface area contributed by atoms with Gasteiger partial charge in [-0.3, -0.25) is 4.98 Å². The largest absolute Gasteiger partial charge is 0.366 e. The van der Waals surface area contributed by atoms with E-state index in [0.29, 0.717) is 10.9 Å². The highest BCUT2D eigenvalue weighted by atomic mass is 79.9. The number of H-pyrrole nitrogens is 1. The summed E-state index contributed by atoms with van der Waals surface area (Å²) in [7, 11) is 0. The van der Waals surface area contributed by atoms with Gasteiger partial charge in [0.05, 0.1) is 11.0 Å². The molecule has 0 aliphatic carbocycles. The lowest BCUT2D eigenvalue weighted by Gasteiger charge is -1.97. The van der Waals surface area contributed by atoms with Gasteiger partial charge in [0, 0.05) is 16.1 Å². The topological polar surface area (TPSA) is 58.9 Å². The lowest BCUT2D eigenvalue weighted by atomic mass is 10.2. The molecule has 2 heterocycles. The second-order valence-corrected chi connectivity index (χ2v) is 4.12. The van der Waals surface area contributed by atoms with Crippen molar-refractivity contribution in [3.8, 4) is 0 Å². The molecule has 0 amide bonds. The van der Waals surface area contributed by atoms with Crippen LogP contribution in [0.2, 0.25) is 0 Å². The van der Waals surface area contributed by atoms with Gasteiger partial charge in [-0.1, -0.05) is 15.9 Å². The Morgan fingerprint density at radius 1 is 1.33 bits per heavy atom. The molecule has 0 spiro atoms. The molecule has 0 aliphatic rings. The molecule has 0 aliphatic heterocycles. The number of benzene rings is 1. The Morgan fingerprint density at radius 3 is 3.07 bits per heavy atom. The number of hydrogen-bond donors (Lipinski definition) is 1. The molecule has 5 heteroatoms. The summed E-state index contributed by atoms with van der Waals surface area (Å²) < 4.78 is 5.67. The number of pyridine rings is 1. The van der Waals surface area contributed by atoms with E-state index in [4.69, 9.17) is 4.52 Å². The molecule has 0 radical (unpaired) electrons. The molecule has 74 valence electrons. The predicted octanol–water partition coefficient (Wildman–Crippen LogP) is 2.43. The van der Waals surface area contributed by atoms with Gasteiger partial charge in [0.25, 0.3) is 0 Å². The van der Waals surface area contributed by atoms with E-state index in [9.17, 15) is 4.79 Å². The molecule has 15 heavy (non-hydrogen) atoms. The van der Waals surface area contributed by atoms with Crippen LogP contribution in [0.3, 0.4) is 0 Å². The normalized spacial score (nSPS) is 11.3. The second-order valence-electron chi connectivity index (χ2n) is 3.20. The summed E-state index contributed by atoms with van der Waals surface area (Å²) in [5.74, 6) is 0. The third-order valence-corrected chi connectivity index (χ3v) is 2.79. The lowest BCUT2D eigenvalue weighted by Crippen LogP contribution is -1.91. The Balaban J connectivity index is 2.60. The monoisotopic (exact) mass is 264 g/mol. The van der Waals surface area contributed by atoms with E-state index < -0.39 is 0 Å².